The van der Waals surface area contributed by atoms with Crippen LogP contribution in [0, 0.1) is 5.82 Å². The van der Waals surface area contributed by atoms with Crippen molar-refractivity contribution < 1.29 is 9.13 Å². The molecule has 0 aliphatic carbocycles. The molecule has 0 amide bonds. The highest BCUT2D eigenvalue weighted by Crippen LogP contribution is 2.29. The van der Waals surface area contributed by atoms with Crippen LogP contribution in [-0.4, -0.2) is 0 Å². The standard InChI is InChI=1S/C16H12ClFOS/c17-8-11-4-3-6-14(18)16(11)19-9-12-10-20-15-7-2-1-5-13(12)15/h1-7,10H,8-9H2. The average Bonchev–Trinajstić information content (AvgIpc) is 2.89. The van der Waals surface area contributed by atoms with Crippen molar-refractivity contribution in [1.29, 1.82) is 0 Å². The second kappa shape index (κ2) is 5.81. The smallest absolute Gasteiger partial charge is 0.165 e. The fraction of sp³-hybridized carbons (Fsp3) is 0.125. The molecule has 0 atom stereocenters. The van der Waals surface area contributed by atoms with Crippen LogP contribution in [0.5, 0.6) is 5.75 Å². The Morgan fingerprint density at radius 1 is 1.05 bits per heavy atom. The number of thiophene rings is 1. The monoisotopic (exact) mass is 306 g/mol. The summed E-state index contributed by atoms with van der Waals surface area (Å²) >= 11 is 7.48. The van der Waals surface area contributed by atoms with Crippen LogP contribution in [0.4, 0.5) is 4.39 Å². The summed E-state index contributed by atoms with van der Waals surface area (Å²) in [6.07, 6.45) is 0. The third-order valence-corrected chi connectivity index (χ3v) is 4.43. The molecule has 4 heteroatoms. The highest BCUT2D eigenvalue weighted by molar-refractivity contribution is 7.17. The van der Waals surface area contributed by atoms with E-state index in [9.17, 15) is 4.39 Å². The second-order valence-electron chi connectivity index (χ2n) is 4.41. The first-order valence-electron chi connectivity index (χ1n) is 6.21. The average molecular weight is 307 g/mol. The first-order valence-corrected chi connectivity index (χ1v) is 7.62. The zero-order chi connectivity index (χ0) is 13.9. The van der Waals surface area contributed by atoms with E-state index in [2.05, 4.69) is 6.07 Å². The minimum absolute atomic E-state index is 0.234. The van der Waals surface area contributed by atoms with Crippen LogP contribution in [0.25, 0.3) is 10.1 Å². The molecule has 0 aliphatic heterocycles. The highest BCUT2D eigenvalue weighted by Gasteiger charge is 2.11. The van der Waals surface area contributed by atoms with Gasteiger partial charge in [0.05, 0.1) is 5.88 Å². The predicted octanol–water partition coefficient (Wildman–Crippen LogP) is 5.36. The lowest BCUT2D eigenvalue weighted by atomic mass is 10.2. The maximum absolute atomic E-state index is 13.8. The Balaban J connectivity index is 1.87. The van der Waals surface area contributed by atoms with Gasteiger partial charge in [0.25, 0.3) is 0 Å². The molecule has 20 heavy (non-hydrogen) atoms. The highest BCUT2D eigenvalue weighted by atomic mass is 35.5. The van der Waals surface area contributed by atoms with Gasteiger partial charge in [-0.2, -0.15) is 0 Å². The van der Waals surface area contributed by atoms with E-state index in [1.165, 1.54) is 10.8 Å². The number of fused-ring (bicyclic) bond motifs is 1. The SMILES string of the molecule is Fc1cccc(CCl)c1OCc1csc2ccccc12. The minimum atomic E-state index is -0.373. The first-order chi connectivity index (χ1) is 9.79. The van der Waals surface area contributed by atoms with E-state index in [0.29, 0.717) is 12.2 Å². The van der Waals surface area contributed by atoms with Gasteiger partial charge in [-0.15, -0.1) is 22.9 Å². The number of rotatable bonds is 4. The Morgan fingerprint density at radius 3 is 2.75 bits per heavy atom. The van der Waals surface area contributed by atoms with Crippen molar-refractivity contribution in [2.75, 3.05) is 0 Å². The van der Waals surface area contributed by atoms with Gasteiger partial charge in [-0.05, 0) is 22.9 Å². The van der Waals surface area contributed by atoms with Crippen molar-refractivity contribution in [3.05, 3.63) is 64.8 Å². The van der Waals surface area contributed by atoms with E-state index in [-0.39, 0.29) is 17.4 Å². The van der Waals surface area contributed by atoms with Crippen molar-refractivity contribution in [3.8, 4) is 5.75 Å². The van der Waals surface area contributed by atoms with Crippen molar-refractivity contribution >= 4 is 33.0 Å². The van der Waals surface area contributed by atoms with Crippen LogP contribution in [0.15, 0.2) is 47.8 Å². The van der Waals surface area contributed by atoms with Gasteiger partial charge < -0.3 is 4.74 Å². The van der Waals surface area contributed by atoms with Crippen molar-refractivity contribution in [1.82, 2.24) is 0 Å². The number of hydrogen-bond acceptors (Lipinski definition) is 2. The van der Waals surface area contributed by atoms with Crippen LogP contribution in [0.2, 0.25) is 0 Å². The van der Waals surface area contributed by atoms with Gasteiger partial charge in [-0.1, -0.05) is 30.3 Å². The molecule has 0 saturated carbocycles. The number of alkyl halides is 1. The maximum atomic E-state index is 13.8. The number of ether oxygens (including phenoxy) is 1. The van der Waals surface area contributed by atoms with Crippen molar-refractivity contribution in [2.24, 2.45) is 0 Å². The molecular weight excluding hydrogens is 295 g/mol. The molecule has 0 radical (unpaired) electrons. The molecule has 1 aromatic heterocycles. The maximum Gasteiger partial charge on any atom is 0.165 e. The molecule has 0 aliphatic rings. The number of benzene rings is 2. The Morgan fingerprint density at radius 2 is 1.90 bits per heavy atom. The third kappa shape index (κ3) is 2.51. The van der Waals surface area contributed by atoms with Gasteiger partial charge in [-0.3, -0.25) is 0 Å². The van der Waals surface area contributed by atoms with E-state index in [4.69, 9.17) is 16.3 Å². The van der Waals surface area contributed by atoms with Gasteiger partial charge in [0, 0.05) is 15.8 Å². The molecule has 1 heterocycles. The number of hydrogen-bond donors (Lipinski definition) is 0. The quantitative estimate of drug-likeness (QED) is 0.590. The number of para-hydroxylation sites is 1. The Hall–Kier alpha value is -1.58. The Bertz CT molecular complexity index is 738. The van der Waals surface area contributed by atoms with Crippen molar-refractivity contribution in [3.63, 3.8) is 0 Å². The molecule has 0 saturated heterocycles. The summed E-state index contributed by atoms with van der Waals surface area (Å²) in [6, 6.07) is 12.9. The summed E-state index contributed by atoms with van der Waals surface area (Å²) < 4.78 is 20.7. The lowest BCUT2D eigenvalue weighted by Gasteiger charge is -2.10. The lowest BCUT2D eigenvalue weighted by Crippen LogP contribution is -1.99. The molecule has 3 rings (SSSR count). The Labute approximate surface area is 125 Å². The van der Waals surface area contributed by atoms with Gasteiger partial charge in [0.2, 0.25) is 0 Å². The van der Waals surface area contributed by atoms with E-state index in [1.54, 1.807) is 23.5 Å². The molecule has 0 spiro atoms. The third-order valence-electron chi connectivity index (χ3n) is 3.13. The summed E-state index contributed by atoms with van der Waals surface area (Å²) in [5.74, 6) is 0.109. The molecule has 2 aromatic carbocycles. The molecule has 3 aromatic rings. The normalized spacial score (nSPS) is 10.9. The molecule has 0 bridgehead atoms. The summed E-state index contributed by atoms with van der Waals surface area (Å²) in [7, 11) is 0. The summed E-state index contributed by atoms with van der Waals surface area (Å²) in [5, 5.41) is 3.20. The minimum Gasteiger partial charge on any atom is -0.485 e. The van der Waals surface area contributed by atoms with E-state index >= 15 is 0 Å². The Kier molecular flexibility index (Phi) is 3.90. The zero-order valence-corrected chi connectivity index (χ0v) is 12.2. The van der Waals surface area contributed by atoms with Gasteiger partial charge in [0.15, 0.2) is 11.6 Å². The van der Waals surface area contributed by atoms with Crippen LogP contribution >= 0.6 is 22.9 Å². The molecule has 0 N–H and O–H groups in total. The largest absolute Gasteiger partial charge is 0.485 e. The fourth-order valence-corrected chi connectivity index (χ4v) is 3.27. The lowest BCUT2D eigenvalue weighted by molar-refractivity contribution is 0.289. The zero-order valence-electron chi connectivity index (χ0n) is 10.6. The predicted molar refractivity (Wildman–Crippen MR) is 82.1 cm³/mol. The molecule has 1 nitrogen and oxygen atoms in total. The van der Waals surface area contributed by atoms with E-state index < -0.39 is 0 Å². The molecule has 0 fully saturated rings. The number of halogens is 2. The van der Waals surface area contributed by atoms with Crippen LogP contribution in [-0.2, 0) is 12.5 Å². The van der Waals surface area contributed by atoms with Gasteiger partial charge >= 0.3 is 0 Å². The van der Waals surface area contributed by atoms with Gasteiger partial charge in [0.1, 0.15) is 6.61 Å². The van der Waals surface area contributed by atoms with Crippen LogP contribution < -0.4 is 4.74 Å². The summed E-state index contributed by atoms with van der Waals surface area (Å²) in [5.41, 5.74) is 1.74. The van der Waals surface area contributed by atoms with Crippen molar-refractivity contribution in [2.45, 2.75) is 12.5 Å². The van der Waals surface area contributed by atoms with Gasteiger partial charge in [-0.25, -0.2) is 4.39 Å². The van der Waals surface area contributed by atoms with Crippen LogP contribution in [0.3, 0.4) is 0 Å². The first kappa shape index (κ1) is 13.4. The van der Waals surface area contributed by atoms with Crippen LogP contribution in [0.1, 0.15) is 11.1 Å². The van der Waals surface area contributed by atoms with E-state index in [0.717, 1.165) is 10.9 Å². The molecule has 102 valence electrons. The topological polar surface area (TPSA) is 9.23 Å². The summed E-state index contributed by atoms with van der Waals surface area (Å²) in [6.45, 7) is 0.342. The second-order valence-corrected chi connectivity index (χ2v) is 5.59. The molecule has 0 unspecified atom stereocenters. The fourth-order valence-electron chi connectivity index (χ4n) is 2.11. The van der Waals surface area contributed by atoms with E-state index in [1.807, 2.05) is 23.6 Å². The summed E-state index contributed by atoms with van der Waals surface area (Å²) in [4.78, 5) is 0. The molecular formula is C16H12ClFOS.